The molecule has 0 fully saturated rings. The summed E-state index contributed by atoms with van der Waals surface area (Å²) in [5.74, 6) is -0.500. The first-order valence-electron chi connectivity index (χ1n) is 8.82. The van der Waals surface area contributed by atoms with Crippen molar-refractivity contribution in [3.63, 3.8) is 0 Å². The average molecular weight is 411 g/mol. The molecule has 0 saturated carbocycles. The van der Waals surface area contributed by atoms with Gasteiger partial charge in [-0.2, -0.15) is 0 Å². The predicted octanol–water partition coefficient (Wildman–Crippen LogP) is 3.38. The molecule has 2 aromatic heterocycles. The molecule has 6 nitrogen and oxygen atoms in total. The summed E-state index contributed by atoms with van der Waals surface area (Å²) in [6.45, 7) is 3.92. The summed E-state index contributed by atoms with van der Waals surface area (Å²) in [6.07, 6.45) is 2.93. The fourth-order valence-electron chi connectivity index (χ4n) is 3.25. The van der Waals surface area contributed by atoms with Gasteiger partial charge in [-0.1, -0.05) is 41.9 Å². The first kappa shape index (κ1) is 18.9. The molecule has 4 rings (SSSR count). The van der Waals surface area contributed by atoms with Crippen LogP contribution in [-0.4, -0.2) is 18.7 Å². The van der Waals surface area contributed by atoms with Gasteiger partial charge in [-0.15, -0.1) is 6.58 Å². The fraction of sp³-hybridized carbons (Fsp3) is 0.0952. The minimum atomic E-state index is -0.615. The molecule has 0 aliphatic carbocycles. The lowest BCUT2D eigenvalue weighted by molar-refractivity contribution is 0.624. The highest BCUT2D eigenvalue weighted by molar-refractivity contribution is 6.31. The molecule has 0 radical (unpaired) electrons. The lowest BCUT2D eigenvalue weighted by atomic mass is 10.2. The minimum absolute atomic E-state index is 0.0141. The largest absolute Gasteiger partial charge is 0.337 e. The van der Waals surface area contributed by atoms with E-state index in [1.165, 1.54) is 35.2 Å². The number of nitrogens with zero attached hydrogens (tertiary/aromatic N) is 4. The highest BCUT2D eigenvalue weighted by Gasteiger charge is 2.19. The fourth-order valence-corrected chi connectivity index (χ4v) is 3.44. The first-order chi connectivity index (χ1) is 14.0. The van der Waals surface area contributed by atoms with Crippen molar-refractivity contribution in [3.8, 4) is 5.69 Å². The summed E-state index contributed by atoms with van der Waals surface area (Å²) < 4.78 is 17.7. The van der Waals surface area contributed by atoms with Gasteiger partial charge in [0.2, 0.25) is 0 Å². The Morgan fingerprint density at radius 2 is 1.93 bits per heavy atom. The van der Waals surface area contributed by atoms with E-state index in [2.05, 4.69) is 11.6 Å². The quantitative estimate of drug-likeness (QED) is 0.474. The summed E-state index contributed by atoms with van der Waals surface area (Å²) in [6, 6.07) is 12.8. The van der Waals surface area contributed by atoms with E-state index in [9.17, 15) is 14.0 Å². The second-order valence-corrected chi connectivity index (χ2v) is 6.85. The molecule has 0 amide bonds. The highest BCUT2D eigenvalue weighted by atomic mass is 35.5. The van der Waals surface area contributed by atoms with Gasteiger partial charge in [-0.05, 0) is 29.8 Å². The second kappa shape index (κ2) is 7.52. The van der Waals surface area contributed by atoms with E-state index in [4.69, 9.17) is 11.6 Å². The summed E-state index contributed by atoms with van der Waals surface area (Å²) in [4.78, 5) is 30.4. The molecule has 0 atom stereocenters. The molecule has 0 aliphatic rings. The summed E-state index contributed by atoms with van der Waals surface area (Å²) >= 11 is 6.26. The molecular weight excluding hydrogens is 395 g/mol. The molecule has 2 heterocycles. The van der Waals surface area contributed by atoms with Crippen molar-refractivity contribution in [1.82, 2.24) is 18.7 Å². The van der Waals surface area contributed by atoms with Gasteiger partial charge >= 0.3 is 5.69 Å². The predicted molar refractivity (Wildman–Crippen MR) is 110 cm³/mol. The lowest BCUT2D eigenvalue weighted by Gasteiger charge is -2.12. The van der Waals surface area contributed by atoms with Crippen molar-refractivity contribution in [2.75, 3.05) is 0 Å². The molecule has 2 aromatic carbocycles. The van der Waals surface area contributed by atoms with E-state index in [0.29, 0.717) is 11.6 Å². The van der Waals surface area contributed by atoms with E-state index in [0.717, 1.165) is 10.1 Å². The zero-order valence-corrected chi connectivity index (χ0v) is 16.0. The topological polar surface area (TPSA) is 61.8 Å². The number of hydrogen-bond donors (Lipinski definition) is 0. The highest BCUT2D eigenvalue weighted by Crippen LogP contribution is 2.19. The smallest absolute Gasteiger partial charge is 0.320 e. The molecule has 0 saturated heterocycles. The Bertz CT molecular complexity index is 1350. The van der Waals surface area contributed by atoms with Crippen molar-refractivity contribution in [2.45, 2.75) is 13.1 Å². The van der Waals surface area contributed by atoms with Gasteiger partial charge in [-0.3, -0.25) is 9.36 Å². The van der Waals surface area contributed by atoms with Crippen LogP contribution in [0.1, 0.15) is 5.56 Å². The monoisotopic (exact) mass is 410 g/mol. The van der Waals surface area contributed by atoms with Gasteiger partial charge in [0.25, 0.3) is 5.56 Å². The minimum Gasteiger partial charge on any atom is -0.320 e. The maximum atomic E-state index is 13.8. The molecule has 0 N–H and O–H groups in total. The van der Waals surface area contributed by atoms with Gasteiger partial charge in [0.15, 0.2) is 11.2 Å². The van der Waals surface area contributed by atoms with Crippen molar-refractivity contribution < 1.29 is 4.39 Å². The Morgan fingerprint density at radius 3 is 2.66 bits per heavy atom. The van der Waals surface area contributed by atoms with E-state index in [1.807, 2.05) is 18.2 Å². The van der Waals surface area contributed by atoms with Crippen molar-refractivity contribution in [3.05, 3.63) is 105 Å². The average Bonchev–Trinajstić information content (AvgIpc) is 3.10. The Balaban J connectivity index is 2.03. The number of rotatable bonds is 5. The van der Waals surface area contributed by atoms with Gasteiger partial charge in [-0.25, -0.2) is 18.7 Å². The lowest BCUT2D eigenvalue weighted by Crippen LogP contribution is -2.39. The Hall–Kier alpha value is -3.45. The molecule has 146 valence electrons. The maximum Gasteiger partial charge on any atom is 0.337 e. The van der Waals surface area contributed by atoms with E-state index in [-0.39, 0.29) is 23.4 Å². The van der Waals surface area contributed by atoms with Gasteiger partial charge < -0.3 is 4.57 Å². The van der Waals surface area contributed by atoms with E-state index < -0.39 is 17.1 Å². The van der Waals surface area contributed by atoms with Gasteiger partial charge in [0.05, 0.1) is 18.6 Å². The maximum absolute atomic E-state index is 13.8. The second-order valence-electron chi connectivity index (χ2n) is 6.44. The number of hydrogen-bond acceptors (Lipinski definition) is 3. The third-order valence-electron chi connectivity index (χ3n) is 4.58. The van der Waals surface area contributed by atoms with Crippen molar-refractivity contribution in [1.29, 1.82) is 0 Å². The van der Waals surface area contributed by atoms with Crippen LogP contribution in [0.3, 0.4) is 0 Å². The van der Waals surface area contributed by atoms with Crippen molar-refractivity contribution in [2.24, 2.45) is 0 Å². The Labute approximate surface area is 169 Å². The number of allylic oxidation sites excluding steroid dienone is 1. The molecular formula is C21H16ClFN4O2. The van der Waals surface area contributed by atoms with Crippen LogP contribution in [0.15, 0.2) is 77.1 Å². The van der Waals surface area contributed by atoms with Crippen LogP contribution in [0.25, 0.3) is 16.9 Å². The zero-order valence-electron chi connectivity index (χ0n) is 15.3. The Morgan fingerprint density at radius 1 is 1.14 bits per heavy atom. The van der Waals surface area contributed by atoms with Crippen LogP contribution in [0.4, 0.5) is 4.39 Å². The van der Waals surface area contributed by atoms with Crippen molar-refractivity contribution >= 4 is 22.8 Å². The van der Waals surface area contributed by atoms with Crippen LogP contribution in [0, 0.1) is 5.82 Å². The SMILES string of the molecule is C=CCn1c(=O)c2c(ncn2Cc2ccccc2Cl)n(-c2cccc(F)c2)c1=O. The van der Waals surface area contributed by atoms with Crippen LogP contribution in [-0.2, 0) is 13.1 Å². The number of halogens is 2. The summed E-state index contributed by atoms with van der Waals surface area (Å²) in [7, 11) is 0. The third kappa shape index (κ3) is 3.30. The summed E-state index contributed by atoms with van der Waals surface area (Å²) in [5.41, 5.74) is 0.333. The first-order valence-corrected chi connectivity index (χ1v) is 9.20. The third-order valence-corrected chi connectivity index (χ3v) is 4.95. The van der Waals surface area contributed by atoms with Crippen LogP contribution in [0.2, 0.25) is 5.02 Å². The summed E-state index contributed by atoms with van der Waals surface area (Å²) in [5, 5.41) is 0.555. The standard InChI is InChI=1S/C21H16ClFN4O2/c1-2-10-26-20(28)18-19(27(21(26)29)16-8-5-7-15(23)11-16)24-13-25(18)12-14-6-3-4-9-17(14)22/h2-9,11,13H,1,10,12H2. The molecule has 0 unspecified atom stereocenters. The number of fused-ring (bicyclic) bond motifs is 1. The molecule has 29 heavy (non-hydrogen) atoms. The molecule has 4 aromatic rings. The van der Waals surface area contributed by atoms with E-state index >= 15 is 0 Å². The number of imidazole rings is 1. The molecule has 8 heteroatoms. The zero-order chi connectivity index (χ0) is 20.5. The Kier molecular flexibility index (Phi) is 4.90. The number of benzene rings is 2. The van der Waals surface area contributed by atoms with Gasteiger partial charge in [0.1, 0.15) is 5.82 Å². The number of aromatic nitrogens is 4. The van der Waals surface area contributed by atoms with Crippen LogP contribution < -0.4 is 11.2 Å². The normalized spacial score (nSPS) is 11.1. The van der Waals surface area contributed by atoms with E-state index in [1.54, 1.807) is 16.7 Å². The van der Waals surface area contributed by atoms with Gasteiger partial charge in [0, 0.05) is 11.6 Å². The van der Waals surface area contributed by atoms with Crippen LogP contribution >= 0.6 is 11.6 Å². The van der Waals surface area contributed by atoms with Crippen LogP contribution in [0.5, 0.6) is 0 Å². The molecule has 0 aliphatic heterocycles. The molecule has 0 spiro atoms. The molecule has 0 bridgehead atoms.